The van der Waals surface area contributed by atoms with Gasteiger partial charge in [-0.15, -0.1) is 0 Å². The zero-order valence-corrected chi connectivity index (χ0v) is 11.7. The van der Waals surface area contributed by atoms with Crippen molar-refractivity contribution in [3.63, 3.8) is 0 Å². The highest BCUT2D eigenvalue weighted by Gasteiger charge is 2.29. The van der Waals surface area contributed by atoms with Crippen molar-refractivity contribution < 1.29 is 0 Å². The first kappa shape index (κ1) is 11.7. The lowest BCUT2D eigenvalue weighted by Gasteiger charge is -2.17. The van der Waals surface area contributed by atoms with Crippen molar-refractivity contribution in [3.8, 4) is 0 Å². The number of pyridine rings is 1. The van der Waals surface area contributed by atoms with Crippen molar-refractivity contribution in [2.45, 2.75) is 24.8 Å². The second-order valence-corrected chi connectivity index (χ2v) is 6.54. The summed E-state index contributed by atoms with van der Waals surface area (Å²) in [6.07, 6.45) is 4.33. The highest BCUT2D eigenvalue weighted by Crippen LogP contribution is 2.35. The Morgan fingerprint density at radius 1 is 1.37 bits per heavy atom. The molecule has 0 spiro atoms. The van der Waals surface area contributed by atoms with Crippen LogP contribution in [0.1, 0.15) is 30.6 Å². The summed E-state index contributed by atoms with van der Waals surface area (Å²) >= 11 is 2.05. The molecule has 4 rings (SSSR count). The van der Waals surface area contributed by atoms with Crippen LogP contribution in [0.5, 0.6) is 0 Å². The molecule has 0 bridgehead atoms. The van der Waals surface area contributed by atoms with E-state index < -0.39 is 0 Å². The zero-order chi connectivity index (χ0) is 12.7. The summed E-state index contributed by atoms with van der Waals surface area (Å²) in [6, 6.07) is 4.60. The predicted octanol–water partition coefficient (Wildman–Crippen LogP) is 2.19. The molecule has 0 saturated carbocycles. The molecule has 4 nitrogen and oxygen atoms in total. The van der Waals surface area contributed by atoms with Crippen molar-refractivity contribution in [1.82, 2.24) is 19.9 Å². The summed E-state index contributed by atoms with van der Waals surface area (Å²) in [4.78, 5) is 9.48. The Labute approximate surface area is 117 Å². The number of imidazole rings is 1. The molecule has 0 aliphatic carbocycles. The van der Waals surface area contributed by atoms with E-state index in [9.17, 15) is 0 Å². The van der Waals surface area contributed by atoms with E-state index in [1.165, 1.54) is 30.2 Å². The van der Waals surface area contributed by atoms with Gasteiger partial charge in [0.15, 0.2) is 5.65 Å². The molecule has 2 aromatic heterocycles. The molecule has 2 unspecified atom stereocenters. The molecular weight excluding hydrogens is 256 g/mol. The smallest absolute Gasteiger partial charge is 0.160 e. The van der Waals surface area contributed by atoms with Crippen molar-refractivity contribution in [2.24, 2.45) is 0 Å². The lowest BCUT2D eigenvalue weighted by atomic mass is 10.1. The van der Waals surface area contributed by atoms with Crippen LogP contribution in [-0.4, -0.2) is 39.1 Å². The van der Waals surface area contributed by atoms with Crippen molar-refractivity contribution >= 4 is 22.9 Å². The zero-order valence-electron chi connectivity index (χ0n) is 10.9. The highest BCUT2D eigenvalue weighted by molar-refractivity contribution is 7.99. The van der Waals surface area contributed by atoms with Crippen molar-refractivity contribution in [2.75, 3.05) is 24.6 Å². The van der Waals surface area contributed by atoms with Gasteiger partial charge in [0.05, 0.1) is 6.04 Å². The molecule has 0 radical (unpaired) electrons. The standard InChI is InChI=1S/C14H18N4S/c1-2-12-14(16-5-1)18(11-3-6-15-8-11)13(17-12)10-4-7-19-9-10/h1-2,5,10-11,15H,3-4,6-9H2. The highest BCUT2D eigenvalue weighted by atomic mass is 32.2. The van der Waals surface area contributed by atoms with Crippen LogP contribution in [0.3, 0.4) is 0 Å². The first-order valence-corrected chi connectivity index (χ1v) is 8.20. The third-order valence-corrected chi connectivity index (χ3v) is 5.33. The molecule has 4 heterocycles. The molecule has 0 aromatic carbocycles. The molecular formula is C14H18N4S. The van der Waals surface area contributed by atoms with Crippen LogP contribution in [0, 0.1) is 0 Å². The number of thioether (sulfide) groups is 1. The van der Waals surface area contributed by atoms with Gasteiger partial charge in [0.25, 0.3) is 0 Å². The van der Waals surface area contributed by atoms with Crippen LogP contribution in [0.4, 0.5) is 0 Å². The topological polar surface area (TPSA) is 42.7 Å². The Kier molecular flexibility index (Phi) is 2.96. The maximum atomic E-state index is 4.90. The number of fused-ring (bicyclic) bond motifs is 1. The van der Waals surface area contributed by atoms with Crippen LogP contribution >= 0.6 is 11.8 Å². The molecule has 1 N–H and O–H groups in total. The minimum atomic E-state index is 0.528. The monoisotopic (exact) mass is 274 g/mol. The number of rotatable bonds is 2. The van der Waals surface area contributed by atoms with E-state index in [1.54, 1.807) is 0 Å². The van der Waals surface area contributed by atoms with Gasteiger partial charge in [0, 0.05) is 24.4 Å². The van der Waals surface area contributed by atoms with Gasteiger partial charge in [-0.1, -0.05) is 0 Å². The molecule has 2 aliphatic rings. The number of hydrogen-bond donors (Lipinski definition) is 1. The van der Waals surface area contributed by atoms with Gasteiger partial charge in [-0.2, -0.15) is 11.8 Å². The molecule has 100 valence electrons. The van der Waals surface area contributed by atoms with Gasteiger partial charge in [0.1, 0.15) is 11.3 Å². The Hall–Kier alpha value is -1.07. The molecule has 2 atom stereocenters. The molecule has 19 heavy (non-hydrogen) atoms. The summed E-state index contributed by atoms with van der Waals surface area (Å²) in [6.45, 7) is 2.16. The fraction of sp³-hybridized carbons (Fsp3) is 0.571. The number of hydrogen-bond acceptors (Lipinski definition) is 4. The largest absolute Gasteiger partial charge is 0.315 e. The normalized spacial score (nSPS) is 27.4. The summed E-state index contributed by atoms with van der Waals surface area (Å²) < 4.78 is 2.42. The van der Waals surface area contributed by atoms with E-state index in [0.29, 0.717) is 12.0 Å². The minimum absolute atomic E-state index is 0.528. The molecule has 2 aliphatic heterocycles. The Bertz CT molecular complexity index is 582. The van der Waals surface area contributed by atoms with Gasteiger partial charge in [-0.3, -0.25) is 0 Å². The van der Waals surface area contributed by atoms with E-state index >= 15 is 0 Å². The average Bonchev–Trinajstić information content (AvgIpc) is 3.17. The Balaban J connectivity index is 1.87. The Morgan fingerprint density at radius 3 is 3.16 bits per heavy atom. The molecule has 2 aromatic rings. The van der Waals surface area contributed by atoms with E-state index in [0.717, 1.165) is 24.3 Å². The van der Waals surface area contributed by atoms with Crippen LogP contribution in [-0.2, 0) is 0 Å². The lowest BCUT2D eigenvalue weighted by Crippen LogP contribution is -2.18. The predicted molar refractivity (Wildman–Crippen MR) is 78.7 cm³/mol. The molecule has 5 heteroatoms. The first-order chi connectivity index (χ1) is 9.43. The second kappa shape index (κ2) is 4.80. The third kappa shape index (κ3) is 1.96. The van der Waals surface area contributed by atoms with Gasteiger partial charge >= 0.3 is 0 Å². The molecule has 2 saturated heterocycles. The third-order valence-electron chi connectivity index (χ3n) is 4.17. The quantitative estimate of drug-likeness (QED) is 0.911. The van der Waals surface area contributed by atoms with Crippen molar-refractivity contribution in [3.05, 3.63) is 24.2 Å². The van der Waals surface area contributed by atoms with Crippen molar-refractivity contribution in [1.29, 1.82) is 0 Å². The number of aromatic nitrogens is 3. The van der Waals surface area contributed by atoms with Gasteiger partial charge in [0.2, 0.25) is 0 Å². The summed E-state index contributed by atoms with van der Waals surface area (Å²) in [5, 5.41) is 3.46. The molecule has 0 amide bonds. The van der Waals surface area contributed by atoms with E-state index in [-0.39, 0.29) is 0 Å². The summed E-state index contributed by atoms with van der Waals surface area (Å²) in [5.74, 6) is 4.36. The molecule has 2 fully saturated rings. The van der Waals surface area contributed by atoms with Gasteiger partial charge in [-0.25, -0.2) is 9.97 Å². The van der Waals surface area contributed by atoms with E-state index in [1.807, 2.05) is 24.0 Å². The second-order valence-electron chi connectivity index (χ2n) is 5.39. The number of nitrogens with one attached hydrogen (secondary N) is 1. The maximum absolute atomic E-state index is 4.90. The van der Waals surface area contributed by atoms with Crippen LogP contribution in [0.15, 0.2) is 18.3 Å². The first-order valence-electron chi connectivity index (χ1n) is 7.05. The van der Waals surface area contributed by atoms with Crippen LogP contribution in [0.25, 0.3) is 11.2 Å². The minimum Gasteiger partial charge on any atom is -0.315 e. The van der Waals surface area contributed by atoms with Crippen LogP contribution < -0.4 is 5.32 Å². The fourth-order valence-corrected chi connectivity index (χ4v) is 4.41. The maximum Gasteiger partial charge on any atom is 0.160 e. The number of nitrogens with zero attached hydrogens (tertiary/aromatic N) is 3. The van der Waals surface area contributed by atoms with E-state index in [4.69, 9.17) is 4.98 Å². The average molecular weight is 274 g/mol. The summed E-state index contributed by atoms with van der Waals surface area (Å²) in [5.41, 5.74) is 2.13. The summed E-state index contributed by atoms with van der Waals surface area (Å²) in [7, 11) is 0. The van der Waals surface area contributed by atoms with E-state index in [2.05, 4.69) is 20.9 Å². The fourth-order valence-electron chi connectivity index (χ4n) is 3.19. The Morgan fingerprint density at radius 2 is 2.37 bits per heavy atom. The van der Waals surface area contributed by atoms with Gasteiger partial charge in [-0.05, 0) is 37.3 Å². The lowest BCUT2D eigenvalue weighted by molar-refractivity contribution is 0.514. The van der Waals surface area contributed by atoms with Crippen LogP contribution in [0.2, 0.25) is 0 Å². The van der Waals surface area contributed by atoms with Gasteiger partial charge < -0.3 is 9.88 Å². The SMILES string of the molecule is c1cnc2c(c1)nc(C1CCSC1)n2C1CCNC1.